The zero-order valence-electron chi connectivity index (χ0n) is 16.0. The van der Waals surface area contributed by atoms with E-state index < -0.39 is 34.8 Å². The second-order valence-corrected chi connectivity index (χ2v) is 7.18. The summed E-state index contributed by atoms with van der Waals surface area (Å²) in [6.45, 7) is 7.54. The first kappa shape index (κ1) is 27.9. The van der Waals surface area contributed by atoms with E-state index in [9.17, 15) is 22.0 Å². The average Bonchev–Trinajstić information content (AvgIpc) is 2.63. The van der Waals surface area contributed by atoms with Crippen molar-refractivity contribution in [1.29, 1.82) is 0 Å². The van der Waals surface area contributed by atoms with E-state index in [0.717, 1.165) is 5.56 Å². The zero-order valence-corrected chi connectivity index (χ0v) is 19.2. The molecule has 0 atom stereocenters. The van der Waals surface area contributed by atoms with Gasteiger partial charge in [-0.3, -0.25) is 0 Å². The van der Waals surface area contributed by atoms with Gasteiger partial charge >= 0.3 is 166 Å². The second kappa shape index (κ2) is 10.8. The van der Waals surface area contributed by atoms with Gasteiger partial charge in [0, 0.05) is 0 Å². The summed E-state index contributed by atoms with van der Waals surface area (Å²) in [6, 6.07) is 5.19. The van der Waals surface area contributed by atoms with Gasteiger partial charge in [0.1, 0.15) is 0 Å². The Balaban J connectivity index is 0.00000392. The minimum Gasteiger partial charge on any atom is -0.147 e. The van der Waals surface area contributed by atoms with E-state index in [4.69, 9.17) is 3.32 Å². The van der Waals surface area contributed by atoms with E-state index in [0.29, 0.717) is 11.3 Å². The van der Waals surface area contributed by atoms with Crippen LogP contribution in [-0.2, 0) is 26.2 Å². The minimum atomic E-state index is -2.21. The van der Waals surface area contributed by atoms with Crippen molar-refractivity contribution in [3.05, 3.63) is 58.4 Å². The molecule has 2 rings (SSSR count). The Morgan fingerprint density at radius 2 is 1.41 bits per heavy atom. The fourth-order valence-electron chi connectivity index (χ4n) is 2.62. The summed E-state index contributed by atoms with van der Waals surface area (Å²) in [5.41, 5.74) is -0.129. The van der Waals surface area contributed by atoms with Gasteiger partial charge in [-0.25, -0.2) is 0 Å². The number of rotatable bonds is 4. The van der Waals surface area contributed by atoms with Crippen molar-refractivity contribution >= 4 is 36.2 Å². The van der Waals surface area contributed by atoms with E-state index >= 15 is 0 Å². The normalized spacial score (nSPS) is 11.5. The molecule has 0 aliphatic heterocycles. The molecule has 0 aromatic heterocycles. The standard InChI is InChI=1S/C19H18F5NO.2ClH.Ti/c1-5-11(9-7-6-8-10(18(9)26)19(2,3)4)25-17-15(23)13(21)12(20)14(22)16(17)24;;;/h6-8,26H,5H2,1-4H3;2*1H;/q;;;+1/p-1. The zero-order chi connectivity index (χ0) is 20.5. The topological polar surface area (TPSA) is 21.6 Å². The van der Waals surface area contributed by atoms with Crippen molar-refractivity contribution in [2.75, 3.05) is 0 Å². The summed E-state index contributed by atoms with van der Waals surface area (Å²) in [6.07, 6.45) is 0.184. The van der Waals surface area contributed by atoms with Gasteiger partial charge in [0.2, 0.25) is 0 Å². The van der Waals surface area contributed by atoms with Crippen molar-refractivity contribution in [2.24, 2.45) is 4.99 Å². The van der Waals surface area contributed by atoms with Crippen LogP contribution in [0.15, 0.2) is 23.2 Å². The third-order valence-electron chi connectivity index (χ3n) is 4.00. The molecule has 0 heterocycles. The fourth-order valence-corrected chi connectivity index (χ4v) is 2.96. The molecule has 0 spiro atoms. The molecule has 0 bridgehead atoms. The molecule has 29 heavy (non-hydrogen) atoms. The minimum absolute atomic E-state index is 0. The van der Waals surface area contributed by atoms with Crippen LogP contribution >= 0.6 is 24.8 Å². The Bertz CT molecular complexity index is 887. The SMILES string of the molecule is CCC(=Nc1c(F)c(F)c(F)c(F)c1F)c1cccc(C(C)(C)C)c1[O][Ti].Cl.Cl. The molecule has 0 fully saturated rings. The summed E-state index contributed by atoms with van der Waals surface area (Å²) in [5, 5.41) is 0. The van der Waals surface area contributed by atoms with E-state index in [1.807, 2.05) is 26.8 Å². The molecule has 0 radical (unpaired) electrons. The summed E-state index contributed by atoms with van der Waals surface area (Å²) in [4.78, 5) is 3.78. The number of aliphatic imine (C=N–C) groups is 1. The van der Waals surface area contributed by atoms with Crippen molar-refractivity contribution in [3.8, 4) is 5.75 Å². The van der Waals surface area contributed by atoms with E-state index in [2.05, 4.69) is 4.99 Å². The Morgan fingerprint density at radius 3 is 1.83 bits per heavy atom. The number of nitrogens with zero attached hydrogens (tertiary/aromatic N) is 1. The van der Waals surface area contributed by atoms with Crippen LogP contribution in [0.25, 0.3) is 0 Å². The third-order valence-corrected chi connectivity index (χ3v) is 4.32. The quantitative estimate of drug-likeness (QED) is 0.150. The number of para-hydroxylation sites is 1. The van der Waals surface area contributed by atoms with Gasteiger partial charge < -0.3 is 0 Å². The molecule has 0 aliphatic carbocycles. The van der Waals surface area contributed by atoms with Gasteiger partial charge in [-0.2, -0.15) is 0 Å². The molecule has 159 valence electrons. The first-order valence-electron chi connectivity index (χ1n) is 8.11. The van der Waals surface area contributed by atoms with Crippen LogP contribution in [0.1, 0.15) is 45.2 Å². The predicted octanol–water partition coefficient (Wildman–Crippen LogP) is 6.89. The predicted molar refractivity (Wildman–Crippen MR) is 103 cm³/mol. The monoisotopic (exact) mass is 490 g/mol. The van der Waals surface area contributed by atoms with Gasteiger partial charge in [-0.15, -0.1) is 24.8 Å². The molecule has 2 aromatic carbocycles. The Kier molecular flexibility index (Phi) is 10.3. The molecule has 0 unspecified atom stereocenters. The molecule has 0 aliphatic rings. The molecule has 2 nitrogen and oxygen atoms in total. The number of hydrogen-bond donors (Lipinski definition) is 0. The third kappa shape index (κ3) is 5.51. The summed E-state index contributed by atoms with van der Waals surface area (Å²) >= 11 is 1.44. The van der Waals surface area contributed by atoms with Crippen LogP contribution in [0.4, 0.5) is 27.6 Å². The van der Waals surface area contributed by atoms with Gasteiger partial charge in [0.25, 0.3) is 0 Å². The maximum atomic E-state index is 14.0. The second-order valence-electron chi connectivity index (χ2n) is 6.86. The molecule has 0 amide bonds. The molecule has 10 heteroatoms. The molecule has 0 saturated heterocycles. The smallest absolute Gasteiger partial charge is 0.147 e. The molecular formula is C19H19Cl2F5NOTi. The van der Waals surface area contributed by atoms with Gasteiger partial charge in [-0.1, -0.05) is 0 Å². The Morgan fingerprint density at radius 1 is 0.931 bits per heavy atom. The molecule has 2 aromatic rings. The number of benzene rings is 2. The van der Waals surface area contributed by atoms with E-state index in [1.54, 1.807) is 19.1 Å². The maximum Gasteiger partial charge on any atom is -0.147 e. The van der Waals surface area contributed by atoms with Gasteiger partial charge in [-0.05, 0) is 0 Å². The molecule has 0 saturated carbocycles. The fraction of sp³-hybridized carbons (Fsp3) is 0.316. The van der Waals surface area contributed by atoms with Crippen LogP contribution in [-0.4, -0.2) is 5.71 Å². The Hall–Kier alpha value is -1.15. The van der Waals surface area contributed by atoms with Crippen LogP contribution < -0.4 is 3.32 Å². The largest absolute Gasteiger partial charge is 0.147 e. The molecule has 0 N–H and O–H groups in total. The van der Waals surface area contributed by atoms with Crippen molar-refractivity contribution in [3.63, 3.8) is 0 Å². The first-order chi connectivity index (χ1) is 12.5. The van der Waals surface area contributed by atoms with E-state index in [1.165, 1.54) is 20.8 Å². The van der Waals surface area contributed by atoms with Crippen molar-refractivity contribution in [1.82, 2.24) is 0 Å². The first-order valence-corrected chi connectivity index (χ1v) is 8.74. The average molecular weight is 491 g/mol. The van der Waals surface area contributed by atoms with Gasteiger partial charge in [0.05, 0.1) is 0 Å². The van der Waals surface area contributed by atoms with Crippen LogP contribution in [0.2, 0.25) is 0 Å². The number of halogens is 7. The Labute approximate surface area is 190 Å². The van der Waals surface area contributed by atoms with Crippen molar-refractivity contribution < 1.29 is 46.1 Å². The molecular weight excluding hydrogens is 472 g/mol. The summed E-state index contributed by atoms with van der Waals surface area (Å²) < 4.78 is 73.7. The maximum absolute atomic E-state index is 14.0. The van der Waals surface area contributed by atoms with Gasteiger partial charge in [0.15, 0.2) is 0 Å². The van der Waals surface area contributed by atoms with Crippen LogP contribution in [0, 0.1) is 29.1 Å². The van der Waals surface area contributed by atoms with Crippen molar-refractivity contribution in [2.45, 2.75) is 39.5 Å². The van der Waals surface area contributed by atoms with Crippen LogP contribution in [0.5, 0.6) is 5.75 Å². The van der Waals surface area contributed by atoms with E-state index in [-0.39, 0.29) is 42.4 Å². The summed E-state index contributed by atoms with van der Waals surface area (Å²) in [7, 11) is 0. The summed E-state index contributed by atoms with van der Waals surface area (Å²) in [5.74, 6) is -9.77. The van der Waals surface area contributed by atoms with Crippen LogP contribution in [0.3, 0.4) is 0 Å². The number of hydrogen-bond acceptors (Lipinski definition) is 2.